The normalized spacial score (nSPS) is 12.4. The summed E-state index contributed by atoms with van der Waals surface area (Å²) in [4.78, 5) is 0. The van der Waals surface area contributed by atoms with Gasteiger partial charge in [0, 0.05) is 16.6 Å². The van der Waals surface area contributed by atoms with Crippen LogP contribution in [0.1, 0.15) is 24.9 Å². The standard InChI is InChI=1S/C16H17N3O/c1-2-14(13-5-3-4-6-16(13)20)18-12-8-7-11-10-17-19-15(11)9-12/h3-10,14,18,20H,2H2,1H3,(H,17,19). The fourth-order valence-corrected chi connectivity index (χ4v) is 2.41. The molecule has 3 rings (SSSR count). The van der Waals surface area contributed by atoms with Crippen molar-refractivity contribution < 1.29 is 5.11 Å². The molecule has 0 aliphatic carbocycles. The minimum Gasteiger partial charge on any atom is -0.508 e. The van der Waals surface area contributed by atoms with Gasteiger partial charge in [0.15, 0.2) is 0 Å². The van der Waals surface area contributed by atoms with Crippen LogP contribution in [-0.2, 0) is 0 Å². The van der Waals surface area contributed by atoms with Crippen molar-refractivity contribution in [2.75, 3.05) is 5.32 Å². The van der Waals surface area contributed by atoms with Crippen molar-refractivity contribution in [2.24, 2.45) is 0 Å². The number of hydrogen-bond donors (Lipinski definition) is 3. The molecule has 20 heavy (non-hydrogen) atoms. The number of para-hydroxylation sites is 1. The second-order valence-corrected chi connectivity index (χ2v) is 4.84. The summed E-state index contributed by atoms with van der Waals surface area (Å²) in [7, 11) is 0. The van der Waals surface area contributed by atoms with E-state index < -0.39 is 0 Å². The summed E-state index contributed by atoms with van der Waals surface area (Å²) in [6, 6.07) is 13.6. The lowest BCUT2D eigenvalue weighted by molar-refractivity contribution is 0.463. The van der Waals surface area contributed by atoms with Crippen LogP contribution in [0.2, 0.25) is 0 Å². The molecule has 1 aromatic heterocycles. The number of aromatic nitrogens is 2. The van der Waals surface area contributed by atoms with Gasteiger partial charge in [0.05, 0.1) is 17.8 Å². The molecule has 4 heteroatoms. The number of rotatable bonds is 4. The Balaban J connectivity index is 1.89. The third-order valence-electron chi connectivity index (χ3n) is 3.50. The molecule has 1 atom stereocenters. The minimum absolute atomic E-state index is 0.0802. The fraction of sp³-hybridized carbons (Fsp3) is 0.188. The van der Waals surface area contributed by atoms with E-state index in [-0.39, 0.29) is 6.04 Å². The minimum atomic E-state index is 0.0802. The predicted octanol–water partition coefficient (Wildman–Crippen LogP) is 3.83. The molecule has 2 aromatic carbocycles. The van der Waals surface area contributed by atoms with E-state index in [4.69, 9.17) is 0 Å². The molecule has 0 radical (unpaired) electrons. The second kappa shape index (κ2) is 5.25. The van der Waals surface area contributed by atoms with E-state index in [2.05, 4.69) is 22.4 Å². The van der Waals surface area contributed by atoms with E-state index in [1.807, 2.05) is 36.4 Å². The van der Waals surface area contributed by atoms with Crippen molar-refractivity contribution in [1.82, 2.24) is 10.2 Å². The molecule has 0 aliphatic heterocycles. The zero-order chi connectivity index (χ0) is 13.9. The van der Waals surface area contributed by atoms with Crippen LogP contribution in [0.4, 0.5) is 5.69 Å². The molecule has 3 aromatic rings. The molecule has 0 amide bonds. The molecule has 4 nitrogen and oxygen atoms in total. The summed E-state index contributed by atoms with van der Waals surface area (Å²) in [5, 5.41) is 21.5. The Morgan fingerprint density at radius 3 is 2.90 bits per heavy atom. The van der Waals surface area contributed by atoms with Gasteiger partial charge in [-0.15, -0.1) is 0 Å². The first-order valence-electron chi connectivity index (χ1n) is 6.75. The fourth-order valence-electron chi connectivity index (χ4n) is 2.41. The smallest absolute Gasteiger partial charge is 0.120 e. The van der Waals surface area contributed by atoms with Crippen molar-refractivity contribution >= 4 is 16.6 Å². The number of fused-ring (bicyclic) bond motifs is 1. The van der Waals surface area contributed by atoms with Crippen LogP contribution in [0.15, 0.2) is 48.7 Å². The first-order chi connectivity index (χ1) is 9.78. The van der Waals surface area contributed by atoms with E-state index in [1.54, 1.807) is 12.3 Å². The summed E-state index contributed by atoms with van der Waals surface area (Å²) in [6.07, 6.45) is 2.69. The van der Waals surface area contributed by atoms with Gasteiger partial charge in [-0.1, -0.05) is 25.1 Å². The number of nitrogens with zero attached hydrogens (tertiary/aromatic N) is 1. The molecule has 0 saturated carbocycles. The van der Waals surface area contributed by atoms with E-state index in [0.29, 0.717) is 5.75 Å². The van der Waals surface area contributed by atoms with Crippen molar-refractivity contribution in [1.29, 1.82) is 0 Å². The van der Waals surface area contributed by atoms with Gasteiger partial charge in [-0.3, -0.25) is 5.10 Å². The van der Waals surface area contributed by atoms with Crippen LogP contribution in [0.3, 0.4) is 0 Å². The van der Waals surface area contributed by atoms with E-state index in [9.17, 15) is 5.11 Å². The average Bonchev–Trinajstić information content (AvgIpc) is 2.93. The Morgan fingerprint density at radius 1 is 1.25 bits per heavy atom. The lowest BCUT2D eigenvalue weighted by atomic mass is 10.0. The monoisotopic (exact) mass is 267 g/mol. The highest BCUT2D eigenvalue weighted by Crippen LogP contribution is 2.29. The maximum atomic E-state index is 9.97. The van der Waals surface area contributed by atoms with Crippen molar-refractivity contribution in [3.8, 4) is 5.75 Å². The number of phenolic OH excluding ortho intramolecular Hbond substituents is 1. The number of aromatic amines is 1. The van der Waals surface area contributed by atoms with Gasteiger partial charge in [0.1, 0.15) is 5.75 Å². The molecule has 0 aliphatic rings. The van der Waals surface area contributed by atoms with Gasteiger partial charge in [-0.25, -0.2) is 0 Å². The SMILES string of the molecule is CCC(Nc1ccc2cn[nH]c2c1)c1ccccc1O. The molecule has 102 valence electrons. The Labute approximate surface area is 117 Å². The molecule has 3 N–H and O–H groups in total. The van der Waals surface area contributed by atoms with Gasteiger partial charge in [0.2, 0.25) is 0 Å². The van der Waals surface area contributed by atoms with E-state index >= 15 is 0 Å². The molecular formula is C16H17N3O. The third-order valence-corrected chi connectivity index (χ3v) is 3.50. The van der Waals surface area contributed by atoms with Crippen LogP contribution in [0, 0.1) is 0 Å². The zero-order valence-corrected chi connectivity index (χ0v) is 11.3. The largest absolute Gasteiger partial charge is 0.508 e. The summed E-state index contributed by atoms with van der Waals surface area (Å²) in [6.45, 7) is 2.10. The summed E-state index contributed by atoms with van der Waals surface area (Å²) >= 11 is 0. The molecule has 1 unspecified atom stereocenters. The molecule has 0 fully saturated rings. The quantitative estimate of drug-likeness (QED) is 0.673. The third kappa shape index (κ3) is 2.32. The summed E-state index contributed by atoms with van der Waals surface area (Å²) in [5.74, 6) is 0.328. The van der Waals surface area contributed by atoms with Crippen LogP contribution in [0.25, 0.3) is 10.9 Å². The maximum absolute atomic E-state index is 9.97. The van der Waals surface area contributed by atoms with Crippen LogP contribution in [-0.4, -0.2) is 15.3 Å². The van der Waals surface area contributed by atoms with E-state index in [0.717, 1.165) is 28.6 Å². The number of phenols is 1. The Kier molecular flexibility index (Phi) is 3.29. The van der Waals surface area contributed by atoms with Gasteiger partial charge in [-0.05, 0) is 30.7 Å². The Bertz CT molecular complexity index is 720. The average molecular weight is 267 g/mol. The molecule has 1 heterocycles. The van der Waals surface area contributed by atoms with E-state index in [1.165, 1.54) is 0 Å². The first-order valence-corrected chi connectivity index (χ1v) is 6.75. The maximum Gasteiger partial charge on any atom is 0.120 e. The van der Waals surface area contributed by atoms with Crippen LogP contribution >= 0.6 is 0 Å². The van der Waals surface area contributed by atoms with Crippen molar-refractivity contribution in [2.45, 2.75) is 19.4 Å². The lowest BCUT2D eigenvalue weighted by Crippen LogP contribution is -2.09. The second-order valence-electron chi connectivity index (χ2n) is 4.84. The Morgan fingerprint density at radius 2 is 2.10 bits per heavy atom. The summed E-state index contributed by atoms with van der Waals surface area (Å²) in [5.41, 5.74) is 2.93. The van der Waals surface area contributed by atoms with Gasteiger partial charge in [0.25, 0.3) is 0 Å². The van der Waals surface area contributed by atoms with Crippen molar-refractivity contribution in [3.05, 3.63) is 54.2 Å². The molecular weight excluding hydrogens is 250 g/mol. The lowest BCUT2D eigenvalue weighted by Gasteiger charge is -2.19. The number of aromatic hydroxyl groups is 1. The zero-order valence-electron chi connectivity index (χ0n) is 11.3. The number of H-pyrrole nitrogens is 1. The van der Waals surface area contributed by atoms with Crippen LogP contribution < -0.4 is 5.32 Å². The number of hydrogen-bond acceptors (Lipinski definition) is 3. The molecule has 0 saturated heterocycles. The van der Waals surface area contributed by atoms with Gasteiger partial charge >= 0.3 is 0 Å². The predicted molar refractivity (Wildman–Crippen MR) is 80.9 cm³/mol. The van der Waals surface area contributed by atoms with Crippen molar-refractivity contribution in [3.63, 3.8) is 0 Å². The Hall–Kier alpha value is -2.49. The number of anilines is 1. The van der Waals surface area contributed by atoms with Crippen LogP contribution in [0.5, 0.6) is 5.75 Å². The van der Waals surface area contributed by atoms with Gasteiger partial charge < -0.3 is 10.4 Å². The molecule has 0 bridgehead atoms. The molecule has 0 spiro atoms. The number of nitrogens with one attached hydrogen (secondary N) is 2. The van der Waals surface area contributed by atoms with Gasteiger partial charge in [-0.2, -0.15) is 5.10 Å². The highest BCUT2D eigenvalue weighted by Gasteiger charge is 2.13. The first kappa shape index (κ1) is 12.5. The summed E-state index contributed by atoms with van der Waals surface area (Å²) < 4.78 is 0. The highest BCUT2D eigenvalue weighted by molar-refractivity contribution is 5.81. The number of benzene rings is 2. The highest BCUT2D eigenvalue weighted by atomic mass is 16.3. The topological polar surface area (TPSA) is 60.9 Å².